The number of unbranched alkanes of at least 4 members (excludes halogenated alkanes) is 1. The van der Waals surface area contributed by atoms with E-state index in [9.17, 15) is 4.79 Å². The molecule has 5 nitrogen and oxygen atoms in total. The second-order valence-corrected chi connectivity index (χ2v) is 5.98. The van der Waals surface area contributed by atoms with Gasteiger partial charge in [0.15, 0.2) is 0 Å². The first-order valence-corrected chi connectivity index (χ1v) is 7.89. The highest BCUT2D eigenvalue weighted by molar-refractivity contribution is 5.73. The number of aliphatic carboxylic acids is 1. The third-order valence-electron chi connectivity index (χ3n) is 4.25. The Labute approximate surface area is 123 Å². The number of piperidine rings is 1. The molecule has 0 saturated carbocycles. The molecule has 1 aliphatic heterocycles. The standard InChI is InChI=1S/C15H31N3O2/c1-4-16-14(15(19)20)7-5-6-10-18-11-8-13(9-12-18)17(2)3/h13-14,16H,4-12H2,1-3H3,(H,19,20)/t14-/m0/s1. The molecule has 1 atom stereocenters. The van der Waals surface area contributed by atoms with Gasteiger partial charge < -0.3 is 20.2 Å². The third-order valence-corrected chi connectivity index (χ3v) is 4.25. The van der Waals surface area contributed by atoms with Gasteiger partial charge in [0.1, 0.15) is 6.04 Å². The number of hydrogen-bond donors (Lipinski definition) is 2. The van der Waals surface area contributed by atoms with Gasteiger partial charge in [0.25, 0.3) is 0 Å². The van der Waals surface area contributed by atoms with E-state index < -0.39 is 5.97 Å². The van der Waals surface area contributed by atoms with Crippen LogP contribution in [0.25, 0.3) is 0 Å². The number of likely N-dealkylation sites (tertiary alicyclic amines) is 1. The maximum atomic E-state index is 11.0. The van der Waals surface area contributed by atoms with Gasteiger partial charge in [-0.05, 0) is 66.0 Å². The lowest BCUT2D eigenvalue weighted by atomic mass is 10.0. The minimum atomic E-state index is -0.723. The minimum absolute atomic E-state index is 0.375. The molecule has 0 aromatic heterocycles. The van der Waals surface area contributed by atoms with Gasteiger partial charge in [-0.1, -0.05) is 13.3 Å². The van der Waals surface area contributed by atoms with E-state index in [1.807, 2.05) is 6.92 Å². The van der Waals surface area contributed by atoms with Crippen molar-refractivity contribution in [1.29, 1.82) is 0 Å². The van der Waals surface area contributed by atoms with E-state index in [2.05, 4.69) is 29.2 Å². The number of likely N-dealkylation sites (N-methyl/N-ethyl adjacent to an activating group) is 1. The first-order valence-electron chi connectivity index (χ1n) is 7.89. The predicted octanol–water partition coefficient (Wildman–Crippen LogP) is 1.25. The van der Waals surface area contributed by atoms with Crippen molar-refractivity contribution in [2.45, 2.75) is 51.1 Å². The van der Waals surface area contributed by atoms with Crippen LogP contribution < -0.4 is 5.32 Å². The fraction of sp³-hybridized carbons (Fsp3) is 0.933. The monoisotopic (exact) mass is 285 g/mol. The molecule has 0 aromatic carbocycles. The molecule has 0 amide bonds. The summed E-state index contributed by atoms with van der Waals surface area (Å²) in [5.41, 5.74) is 0. The summed E-state index contributed by atoms with van der Waals surface area (Å²) in [6.45, 7) is 6.13. The number of carboxylic acid groups (broad SMARTS) is 1. The van der Waals surface area contributed by atoms with Gasteiger partial charge in [0.05, 0.1) is 0 Å². The van der Waals surface area contributed by atoms with Crippen LogP contribution in [-0.2, 0) is 4.79 Å². The van der Waals surface area contributed by atoms with E-state index in [0.717, 1.165) is 38.4 Å². The van der Waals surface area contributed by atoms with Crippen LogP contribution in [0.15, 0.2) is 0 Å². The number of carboxylic acids is 1. The molecule has 0 unspecified atom stereocenters. The van der Waals surface area contributed by atoms with Gasteiger partial charge in [-0.3, -0.25) is 4.79 Å². The largest absolute Gasteiger partial charge is 0.480 e. The highest BCUT2D eigenvalue weighted by Crippen LogP contribution is 2.15. The smallest absolute Gasteiger partial charge is 0.320 e. The molecule has 2 N–H and O–H groups in total. The number of rotatable bonds is 9. The molecule has 0 aromatic rings. The Morgan fingerprint density at radius 3 is 2.50 bits per heavy atom. The second kappa shape index (κ2) is 9.32. The van der Waals surface area contributed by atoms with E-state index in [0.29, 0.717) is 0 Å². The van der Waals surface area contributed by atoms with Crippen molar-refractivity contribution in [1.82, 2.24) is 15.1 Å². The Morgan fingerprint density at radius 1 is 1.35 bits per heavy atom. The first kappa shape index (κ1) is 17.4. The molecular formula is C15H31N3O2. The van der Waals surface area contributed by atoms with E-state index in [4.69, 9.17) is 5.11 Å². The summed E-state index contributed by atoms with van der Waals surface area (Å²) in [6, 6.07) is 0.357. The summed E-state index contributed by atoms with van der Waals surface area (Å²) < 4.78 is 0. The average molecular weight is 285 g/mol. The number of nitrogens with zero attached hydrogens (tertiary/aromatic N) is 2. The normalized spacial score (nSPS) is 19.4. The van der Waals surface area contributed by atoms with Gasteiger partial charge in [-0.25, -0.2) is 0 Å². The van der Waals surface area contributed by atoms with Crippen molar-refractivity contribution in [2.75, 3.05) is 40.3 Å². The van der Waals surface area contributed by atoms with Crippen LogP contribution in [-0.4, -0.2) is 73.2 Å². The van der Waals surface area contributed by atoms with Crippen LogP contribution in [0.5, 0.6) is 0 Å². The number of hydrogen-bond acceptors (Lipinski definition) is 4. The fourth-order valence-corrected chi connectivity index (χ4v) is 2.90. The summed E-state index contributed by atoms with van der Waals surface area (Å²) in [5, 5.41) is 12.1. The van der Waals surface area contributed by atoms with Crippen molar-refractivity contribution < 1.29 is 9.90 Å². The molecule has 1 heterocycles. The molecule has 0 aliphatic carbocycles. The topological polar surface area (TPSA) is 55.8 Å². The summed E-state index contributed by atoms with van der Waals surface area (Å²) in [6.07, 6.45) is 5.32. The highest BCUT2D eigenvalue weighted by Gasteiger charge is 2.20. The zero-order valence-electron chi connectivity index (χ0n) is 13.3. The fourth-order valence-electron chi connectivity index (χ4n) is 2.90. The lowest BCUT2D eigenvalue weighted by Gasteiger charge is -2.35. The summed E-state index contributed by atoms with van der Waals surface area (Å²) >= 11 is 0. The molecule has 1 rings (SSSR count). The summed E-state index contributed by atoms with van der Waals surface area (Å²) in [7, 11) is 4.32. The lowest BCUT2D eigenvalue weighted by Crippen LogP contribution is -2.42. The zero-order chi connectivity index (χ0) is 15.0. The van der Waals surface area contributed by atoms with Gasteiger partial charge >= 0.3 is 5.97 Å². The van der Waals surface area contributed by atoms with Crippen LogP contribution in [0.3, 0.4) is 0 Å². The van der Waals surface area contributed by atoms with Crippen molar-refractivity contribution >= 4 is 5.97 Å². The van der Waals surface area contributed by atoms with Crippen molar-refractivity contribution in [3.05, 3.63) is 0 Å². The van der Waals surface area contributed by atoms with Crippen LogP contribution in [0.2, 0.25) is 0 Å². The summed E-state index contributed by atoms with van der Waals surface area (Å²) in [5.74, 6) is -0.723. The molecular weight excluding hydrogens is 254 g/mol. The summed E-state index contributed by atoms with van der Waals surface area (Å²) in [4.78, 5) is 15.8. The SMILES string of the molecule is CCN[C@@H](CCCCN1CCC(N(C)C)CC1)C(=O)O. The van der Waals surface area contributed by atoms with Crippen LogP contribution in [0.4, 0.5) is 0 Å². The Balaban J connectivity index is 2.11. The third kappa shape index (κ3) is 6.20. The van der Waals surface area contributed by atoms with Gasteiger partial charge in [-0.2, -0.15) is 0 Å². The van der Waals surface area contributed by atoms with Gasteiger partial charge in [0.2, 0.25) is 0 Å². The average Bonchev–Trinajstić information content (AvgIpc) is 2.42. The van der Waals surface area contributed by atoms with E-state index in [-0.39, 0.29) is 6.04 Å². The molecule has 20 heavy (non-hydrogen) atoms. The predicted molar refractivity (Wildman–Crippen MR) is 82.1 cm³/mol. The van der Waals surface area contributed by atoms with Gasteiger partial charge in [0, 0.05) is 6.04 Å². The molecule has 0 spiro atoms. The molecule has 0 bridgehead atoms. The van der Waals surface area contributed by atoms with Crippen molar-refractivity contribution in [3.8, 4) is 0 Å². The molecule has 0 radical (unpaired) electrons. The number of nitrogens with one attached hydrogen (secondary N) is 1. The number of carbonyl (C=O) groups is 1. The van der Waals surface area contributed by atoms with Gasteiger partial charge in [-0.15, -0.1) is 0 Å². The van der Waals surface area contributed by atoms with Crippen molar-refractivity contribution in [3.63, 3.8) is 0 Å². The Morgan fingerprint density at radius 2 is 2.00 bits per heavy atom. The quantitative estimate of drug-likeness (QED) is 0.624. The Hall–Kier alpha value is -0.650. The van der Waals surface area contributed by atoms with Crippen LogP contribution >= 0.6 is 0 Å². The maximum Gasteiger partial charge on any atom is 0.320 e. The van der Waals surface area contributed by atoms with E-state index >= 15 is 0 Å². The van der Waals surface area contributed by atoms with E-state index in [1.54, 1.807) is 0 Å². The minimum Gasteiger partial charge on any atom is -0.480 e. The lowest BCUT2D eigenvalue weighted by molar-refractivity contribution is -0.139. The highest BCUT2D eigenvalue weighted by atomic mass is 16.4. The maximum absolute atomic E-state index is 11.0. The Bertz CT molecular complexity index is 276. The van der Waals surface area contributed by atoms with Crippen LogP contribution in [0.1, 0.15) is 39.0 Å². The molecule has 118 valence electrons. The molecule has 1 saturated heterocycles. The molecule has 1 fully saturated rings. The van der Waals surface area contributed by atoms with E-state index in [1.165, 1.54) is 25.9 Å². The Kier molecular flexibility index (Phi) is 8.11. The molecule has 1 aliphatic rings. The van der Waals surface area contributed by atoms with Crippen LogP contribution in [0, 0.1) is 0 Å². The second-order valence-electron chi connectivity index (χ2n) is 5.98. The van der Waals surface area contributed by atoms with Crippen molar-refractivity contribution in [2.24, 2.45) is 0 Å². The molecule has 5 heteroatoms. The first-order chi connectivity index (χ1) is 9.54. The zero-order valence-corrected chi connectivity index (χ0v) is 13.3.